The SMILES string of the molecule is C1CCOC1.COC(=O)c1cc2cc(NC(=O)C3NCCC3C3CCCCC3)ccc2o1. The average Bonchev–Trinajstić information content (AvgIpc) is 3.61. The molecule has 7 nitrogen and oxygen atoms in total. The average molecular weight is 443 g/mol. The van der Waals surface area contributed by atoms with Crippen LogP contribution >= 0.6 is 0 Å². The Labute approximate surface area is 189 Å². The molecule has 1 aromatic heterocycles. The van der Waals surface area contributed by atoms with Crippen LogP contribution in [0.3, 0.4) is 0 Å². The number of ether oxygens (including phenoxy) is 2. The number of benzene rings is 1. The van der Waals surface area contributed by atoms with E-state index in [9.17, 15) is 9.59 Å². The van der Waals surface area contributed by atoms with Crippen molar-refractivity contribution >= 4 is 28.5 Å². The first-order chi connectivity index (χ1) is 15.7. The van der Waals surface area contributed by atoms with Crippen molar-refractivity contribution in [3.63, 3.8) is 0 Å². The van der Waals surface area contributed by atoms with Crippen molar-refractivity contribution in [2.75, 3.05) is 32.2 Å². The van der Waals surface area contributed by atoms with Crippen molar-refractivity contribution in [1.82, 2.24) is 5.32 Å². The third-order valence-electron chi connectivity index (χ3n) is 6.81. The van der Waals surface area contributed by atoms with Crippen molar-refractivity contribution < 1.29 is 23.5 Å². The number of esters is 1. The van der Waals surface area contributed by atoms with Crippen LogP contribution < -0.4 is 10.6 Å². The highest BCUT2D eigenvalue weighted by Crippen LogP contribution is 2.36. The summed E-state index contributed by atoms with van der Waals surface area (Å²) in [5.41, 5.74) is 1.30. The van der Waals surface area contributed by atoms with Crippen molar-refractivity contribution in [3.05, 3.63) is 30.0 Å². The van der Waals surface area contributed by atoms with Crippen LogP contribution in [-0.4, -0.2) is 44.8 Å². The molecule has 174 valence electrons. The summed E-state index contributed by atoms with van der Waals surface area (Å²) in [5.74, 6) is 0.754. The van der Waals surface area contributed by atoms with E-state index in [1.807, 2.05) is 6.07 Å². The summed E-state index contributed by atoms with van der Waals surface area (Å²) in [7, 11) is 1.32. The van der Waals surface area contributed by atoms with Crippen LogP contribution in [-0.2, 0) is 14.3 Å². The van der Waals surface area contributed by atoms with Gasteiger partial charge in [-0.3, -0.25) is 4.79 Å². The number of anilines is 1. The Hall–Kier alpha value is -2.38. The molecule has 7 heteroatoms. The van der Waals surface area contributed by atoms with E-state index in [1.54, 1.807) is 18.2 Å². The van der Waals surface area contributed by atoms with Crippen LogP contribution in [0, 0.1) is 11.8 Å². The predicted molar refractivity (Wildman–Crippen MR) is 123 cm³/mol. The Kier molecular flexibility index (Phi) is 7.81. The molecule has 32 heavy (non-hydrogen) atoms. The van der Waals surface area contributed by atoms with Gasteiger partial charge in [0.1, 0.15) is 5.58 Å². The molecule has 2 aliphatic heterocycles. The highest BCUT2D eigenvalue weighted by atomic mass is 16.5. The number of hydrogen-bond acceptors (Lipinski definition) is 6. The van der Waals surface area contributed by atoms with E-state index in [2.05, 4.69) is 15.4 Å². The van der Waals surface area contributed by atoms with E-state index in [4.69, 9.17) is 9.15 Å². The number of methoxy groups -OCH3 is 1. The van der Waals surface area contributed by atoms with E-state index in [0.717, 1.165) is 31.6 Å². The van der Waals surface area contributed by atoms with Crippen molar-refractivity contribution in [2.24, 2.45) is 11.8 Å². The number of nitrogens with one attached hydrogen (secondary N) is 2. The van der Waals surface area contributed by atoms with Crippen LogP contribution in [0.5, 0.6) is 0 Å². The fourth-order valence-corrected chi connectivity index (χ4v) is 5.13. The minimum Gasteiger partial charge on any atom is -0.463 e. The highest BCUT2D eigenvalue weighted by molar-refractivity contribution is 5.98. The first-order valence-electron chi connectivity index (χ1n) is 11.9. The normalized spacial score (nSPS) is 23.5. The van der Waals surface area contributed by atoms with Gasteiger partial charge in [-0.1, -0.05) is 32.1 Å². The van der Waals surface area contributed by atoms with Gasteiger partial charge in [-0.2, -0.15) is 0 Å². The zero-order chi connectivity index (χ0) is 22.3. The molecular formula is C25H34N2O5. The lowest BCUT2D eigenvalue weighted by Crippen LogP contribution is -2.42. The lowest BCUT2D eigenvalue weighted by Gasteiger charge is -2.30. The van der Waals surface area contributed by atoms with Crippen molar-refractivity contribution in [2.45, 2.75) is 57.4 Å². The number of carbonyl (C=O) groups excluding carboxylic acids is 2. The predicted octanol–water partition coefficient (Wildman–Crippen LogP) is 4.51. The number of amides is 1. The summed E-state index contributed by atoms with van der Waals surface area (Å²) < 4.78 is 15.1. The van der Waals surface area contributed by atoms with Crippen LogP contribution in [0.4, 0.5) is 5.69 Å². The molecule has 0 bridgehead atoms. The Morgan fingerprint density at radius 3 is 2.50 bits per heavy atom. The van der Waals surface area contributed by atoms with E-state index < -0.39 is 5.97 Å². The maximum Gasteiger partial charge on any atom is 0.373 e. The van der Waals surface area contributed by atoms with Gasteiger partial charge >= 0.3 is 5.97 Å². The van der Waals surface area contributed by atoms with Gasteiger partial charge in [0, 0.05) is 24.3 Å². The number of hydrogen-bond donors (Lipinski definition) is 2. The second-order valence-corrected chi connectivity index (χ2v) is 8.95. The van der Waals surface area contributed by atoms with Crippen LogP contribution in [0.2, 0.25) is 0 Å². The summed E-state index contributed by atoms with van der Waals surface area (Å²) in [6.45, 7) is 2.91. The maximum atomic E-state index is 12.9. The van der Waals surface area contributed by atoms with Gasteiger partial charge in [0.05, 0.1) is 13.2 Å². The van der Waals surface area contributed by atoms with Gasteiger partial charge in [-0.15, -0.1) is 0 Å². The zero-order valence-corrected chi connectivity index (χ0v) is 18.9. The molecule has 2 saturated heterocycles. The number of rotatable bonds is 4. The minimum atomic E-state index is -0.512. The Morgan fingerprint density at radius 2 is 1.81 bits per heavy atom. The first kappa shape index (κ1) is 22.8. The van der Waals surface area contributed by atoms with E-state index in [0.29, 0.717) is 23.1 Å². The van der Waals surface area contributed by atoms with E-state index >= 15 is 0 Å². The van der Waals surface area contributed by atoms with Gasteiger partial charge in [0.2, 0.25) is 11.7 Å². The summed E-state index contributed by atoms with van der Waals surface area (Å²) in [6.07, 6.45) is 10.0. The molecular weight excluding hydrogens is 408 g/mol. The quantitative estimate of drug-likeness (QED) is 0.677. The maximum absolute atomic E-state index is 12.9. The molecule has 1 aliphatic carbocycles. The first-order valence-corrected chi connectivity index (χ1v) is 11.9. The van der Waals surface area contributed by atoms with E-state index in [1.165, 1.54) is 52.1 Å². The zero-order valence-electron chi connectivity index (χ0n) is 18.9. The molecule has 1 saturated carbocycles. The summed E-state index contributed by atoms with van der Waals surface area (Å²) in [5, 5.41) is 7.19. The smallest absolute Gasteiger partial charge is 0.373 e. The molecule has 2 atom stereocenters. The van der Waals surface area contributed by atoms with Gasteiger partial charge in [0.15, 0.2) is 0 Å². The molecule has 0 spiro atoms. The number of furan rings is 1. The standard InChI is InChI=1S/C21H26N2O4.C4H8O/c1-26-21(25)18-12-14-11-15(7-8-17(14)27-18)23-20(24)19-16(9-10-22-19)13-5-3-2-4-6-13;1-2-4-5-3-1/h7-8,11-13,16,19,22H,2-6,9-10H2,1H3,(H,23,24);1-4H2. The van der Waals surface area contributed by atoms with E-state index in [-0.39, 0.29) is 17.7 Å². The summed E-state index contributed by atoms with van der Waals surface area (Å²) in [6, 6.07) is 6.90. The molecule has 2 N–H and O–H groups in total. The van der Waals surface area contributed by atoms with Gasteiger partial charge < -0.3 is 24.5 Å². The Balaban J connectivity index is 0.000000433. The van der Waals surface area contributed by atoms with Gasteiger partial charge in [-0.05, 0) is 61.9 Å². The molecule has 2 aromatic rings. The second-order valence-electron chi connectivity index (χ2n) is 8.95. The van der Waals surface area contributed by atoms with Crippen LogP contribution in [0.25, 0.3) is 11.0 Å². The molecule has 3 aliphatic rings. The van der Waals surface area contributed by atoms with Gasteiger partial charge in [0.25, 0.3) is 0 Å². The number of fused-ring (bicyclic) bond motifs is 1. The summed E-state index contributed by atoms with van der Waals surface area (Å²) in [4.78, 5) is 24.5. The molecule has 5 rings (SSSR count). The number of carbonyl (C=O) groups is 2. The monoisotopic (exact) mass is 442 g/mol. The second kappa shape index (κ2) is 11.0. The summed E-state index contributed by atoms with van der Waals surface area (Å²) >= 11 is 0. The van der Waals surface area contributed by atoms with Crippen molar-refractivity contribution in [1.29, 1.82) is 0 Å². The Morgan fingerprint density at radius 1 is 1.03 bits per heavy atom. The minimum absolute atomic E-state index is 0.0270. The molecule has 1 aromatic carbocycles. The lowest BCUT2D eigenvalue weighted by atomic mass is 9.76. The topological polar surface area (TPSA) is 89.8 Å². The highest BCUT2D eigenvalue weighted by Gasteiger charge is 2.38. The fraction of sp³-hybridized carbons (Fsp3) is 0.600. The lowest BCUT2D eigenvalue weighted by molar-refractivity contribution is -0.119. The molecule has 2 unspecified atom stereocenters. The molecule has 1 amide bonds. The molecule has 3 fully saturated rings. The Bertz CT molecular complexity index is 907. The van der Waals surface area contributed by atoms with Crippen molar-refractivity contribution in [3.8, 4) is 0 Å². The molecule has 3 heterocycles. The van der Waals surface area contributed by atoms with Crippen LogP contribution in [0.1, 0.15) is 61.9 Å². The van der Waals surface area contributed by atoms with Gasteiger partial charge in [-0.25, -0.2) is 4.79 Å². The largest absolute Gasteiger partial charge is 0.463 e. The third-order valence-corrected chi connectivity index (χ3v) is 6.81. The fourth-order valence-electron chi connectivity index (χ4n) is 5.13. The molecule has 0 radical (unpaired) electrons. The van der Waals surface area contributed by atoms with Crippen LogP contribution in [0.15, 0.2) is 28.7 Å². The third kappa shape index (κ3) is 5.51.